The SMILES string of the molecule is CC(C)(C)OC(=O)N1Cc2nc(C(=O)O)sc2C1.[Li]. The van der Waals surface area contributed by atoms with Gasteiger partial charge in [-0.25, -0.2) is 14.6 Å². The summed E-state index contributed by atoms with van der Waals surface area (Å²) in [5, 5.41) is 8.89. The van der Waals surface area contributed by atoms with E-state index in [-0.39, 0.29) is 23.9 Å². The molecule has 6 nitrogen and oxygen atoms in total. The van der Waals surface area contributed by atoms with Crippen LogP contribution in [0.15, 0.2) is 0 Å². The summed E-state index contributed by atoms with van der Waals surface area (Å²) in [5.41, 5.74) is 0.121. The maximum absolute atomic E-state index is 11.8. The minimum absolute atomic E-state index is 0. The fourth-order valence-electron chi connectivity index (χ4n) is 1.59. The number of aromatic carboxylic acids is 1. The van der Waals surface area contributed by atoms with Crippen LogP contribution in [0, 0.1) is 0 Å². The molecule has 0 aromatic carbocycles. The molecule has 0 atom stereocenters. The first-order chi connectivity index (χ1) is 8.26. The van der Waals surface area contributed by atoms with Crippen LogP contribution in [0.4, 0.5) is 4.79 Å². The fraction of sp³-hybridized carbons (Fsp3) is 0.545. The molecule has 1 aliphatic rings. The van der Waals surface area contributed by atoms with Crippen LogP contribution in [-0.4, -0.2) is 51.5 Å². The maximum Gasteiger partial charge on any atom is 0.410 e. The molecule has 0 spiro atoms. The predicted molar refractivity (Wildman–Crippen MR) is 70.3 cm³/mol. The molecule has 0 saturated carbocycles. The second kappa shape index (κ2) is 5.53. The third-order valence-corrected chi connectivity index (χ3v) is 3.36. The van der Waals surface area contributed by atoms with Crippen LogP contribution in [0.2, 0.25) is 0 Å². The Kier molecular flexibility index (Phi) is 4.66. The number of carboxylic acid groups (broad SMARTS) is 1. The molecule has 2 heterocycles. The summed E-state index contributed by atoms with van der Waals surface area (Å²) in [6.07, 6.45) is -0.399. The second-order valence-corrected chi connectivity index (χ2v) is 6.11. The summed E-state index contributed by atoms with van der Waals surface area (Å²) < 4.78 is 5.25. The molecule has 2 rings (SSSR count). The summed E-state index contributed by atoms with van der Waals surface area (Å²) in [7, 11) is 0. The zero-order valence-corrected chi connectivity index (χ0v) is 12.2. The van der Waals surface area contributed by atoms with Crippen LogP contribution in [0.3, 0.4) is 0 Å². The quantitative estimate of drug-likeness (QED) is 0.790. The Balaban J connectivity index is 0.00000180. The van der Waals surface area contributed by atoms with Crippen LogP contribution in [0.5, 0.6) is 0 Å². The monoisotopic (exact) mass is 277 g/mol. The molecule has 0 fully saturated rings. The van der Waals surface area contributed by atoms with Gasteiger partial charge in [-0.1, -0.05) is 0 Å². The Morgan fingerprint density at radius 3 is 2.47 bits per heavy atom. The van der Waals surface area contributed by atoms with E-state index in [1.54, 1.807) is 20.8 Å². The molecule has 99 valence electrons. The molecule has 8 heteroatoms. The van der Waals surface area contributed by atoms with Crippen molar-refractivity contribution in [2.24, 2.45) is 0 Å². The minimum atomic E-state index is -1.03. The fourth-order valence-corrected chi connectivity index (χ4v) is 2.51. The van der Waals surface area contributed by atoms with Gasteiger partial charge in [-0.3, -0.25) is 4.90 Å². The van der Waals surface area contributed by atoms with E-state index in [4.69, 9.17) is 9.84 Å². The average molecular weight is 277 g/mol. The molecule has 0 bridgehead atoms. The predicted octanol–water partition coefficient (Wildman–Crippen LogP) is 1.71. The molecule has 1 aromatic heterocycles. The van der Waals surface area contributed by atoms with Gasteiger partial charge < -0.3 is 9.84 Å². The topological polar surface area (TPSA) is 79.7 Å². The normalized spacial score (nSPS) is 13.7. The first-order valence-electron chi connectivity index (χ1n) is 5.46. The van der Waals surface area contributed by atoms with Crippen molar-refractivity contribution in [3.8, 4) is 0 Å². The van der Waals surface area contributed by atoms with Gasteiger partial charge in [0, 0.05) is 23.7 Å². The molecule has 1 radical (unpaired) electrons. The van der Waals surface area contributed by atoms with Crippen molar-refractivity contribution in [2.75, 3.05) is 0 Å². The summed E-state index contributed by atoms with van der Waals surface area (Å²) in [6, 6.07) is 0. The number of aromatic nitrogens is 1. The Hall–Kier alpha value is -1.03. The first-order valence-corrected chi connectivity index (χ1v) is 6.28. The summed E-state index contributed by atoms with van der Waals surface area (Å²) >= 11 is 1.11. The van der Waals surface area contributed by atoms with E-state index in [0.717, 1.165) is 16.2 Å². The molecule has 19 heavy (non-hydrogen) atoms. The van der Waals surface area contributed by atoms with E-state index in [1.807, 2.05) is 0 Å². The third kappa shape index (κ3) is 3.72. The molecule has 0 unspecified atom stereocenters. The summed E-state index contributed by atoms with van der Waals surface area (Å²) in [6.45, 7) is 6.09. The van der Waals surface area contributed by atoms with E-state index in [1.165, 1.54) is 4.90 Å². The van der Waals surface area contributed by atoms with Crippen molar-refractivity contribution in [3.63, 3.8) is 0 Å². The zero-order chi connectivity index (χ0) is 13.5. The Labute approximate surface area is 126 Å². The van der Waals surface area contributed by atoms with Crippen LogP contribution >= 0.6 is 11.3 Å². The number of carboxylic acids is 1. The van der Waals surface area contributed by atoms with Gasteiger partial charge in [-0.15, -0.1) is 11.3 Å². The molecule has 0 saturated heterocycles. The van der Waals surface area contributed by atoms with Crippen molar-refractivity contribution in [2.45, 2.75) is 39.5 Å². The number of hydrogen-bond donors (Lipinski definition) is 1. The Morgan fingerprint density at radius 1 is 1.37 bits per heavy atom. The number of fused-ring (bicyclic) bond motifs is 1. The second-order valence-electron chi connectivity index (χ2n) is 5.03. The summed E-state index contributed by atoms with van der Waals surface area (Å²) in [4.78, 5) is 28.9. The van der Waals surface area contributed by atoms with Crippen LogP contribution in [-0.2, 0) is 17.8 Å². The standard InChI is InChI=1S/C11H14N2O4S.Li/c1-11(2,3)17-10(16)13-4-6-7(5-13)18-8(12-6)9(14)15;/h4-5H2,1-3H3,(H,14,15);. The van der Waals surface area contributed by atoms with Gasteiger partial charge in [-0.2, -0.15) is 0 Å². The number of rotatable bonds is 1. The van der Waals surface area contributed by atoms with Gasteiger partial charge in [0.25, 0.3) is 0 Å². The van der Waals surface area contributed by atoms with Crippen molar-refractivity contribution < 1.29 is 19.4 Å². The molecular weight excluding hydrogens is 263 g/mol. The van der Waals surface area contributed by atoms with Crippen molar-refractivity contribution in [3.05, 3.63) is 15.6 Å². The van der Waals surface area contributed by atoms with Crippen LogP contribution in [0.1, 0.15) is 41.1 Å². The van der Waals surface area contributed by atoms with E-state index < -0.39 is 17.7 Å². The first kappa shape index (κ1) is 16.0. The van der Waals surface area contributed by atoms with Crippen molar-refractivity contribution >= 4 is 42.3 Å². The molecule has 0 aliphatic carbocycles. The molecule has 1 aromatic rings. The Morgan fingerprint density at radius 2 is 2.00 bits per heavy atom. The van der Waals surface area contributed by atoms with E-state index in [2.05, 4.69) is 4.98 Å². The Bertz CT molecular complexity index is 486. The van der Waals surface area contributed by atoms with E-state index >= 15 is 0 Å². The van der Waals surface area contributed by atoms with Gasteiger partial charge >= 0.3 is 12.1 Å². The molecule has 1 aliphatic heterocycles. The van der Waals surface area contributed by atoms with Gasteiger partial charge in [0.1, 0.15) is 5.60 Å². The maximum atomic E-state index is 11.8. The third-order valence-electron chi connectivity index (χ3n) is 2.29. The molecule has 1 N–H and O–H groups in total. The number of ether oxygens (including phenoxy) is 1. The van der Waals surface area contributed by atoms with Crippen molar-refractivity contribution in [1.82, 2.24) is 9.88 Å². The van der Waals surface area contributed by atoms with Gasteiger partial charge in [0.15, 0.2) is 0 Å². The van der Waals surface area contributed by atoms with E-state index in [9.17, 15) is 9.59 Å². The zero-order valence-electron chi connectivity index (χ0n) is 11.4. The van der Waals surface area contributed by atoms with Crippen molar-refractivity contribution in [1.29, 1.82) is 0 Å². The number of amides is 1. The van der Waals surface area contributed by atoms with Gasteiger partial charge in [0.2, 0.25) is 5.01 Å². The largest absolute Gasteiger partial charge is 0.476 e. The average Bonchev–Trinajstić information content (AvgIpc) is 2.69. The van der Waals surface area contributed by atoms with E-state index in [0.29, 0.717) is 18.8 Å². The number of carbonyl (C=O) groups excluding carboxylic acids is 1. The van der Waals surface area contributed by atoms with Crippen LogP contribution in [0.25, 0.3) is 0 Å². The number of thiazole rings is 1. The number of hydrogen-bond acceptors (Lipinski definition) is 5. The number of carbonyl (C=O) groups is 2. The smallest absolute Gasteiger partial charge is 0.410 e. The van der Waals surface area contributed by atoms with Crippen LogP contribution < -0.4 is 0 Å². The minimum Gasteiger partial charge on any atom is -0.476 e. The van der Waals surface area contributed by atoms with Gasteiger partial charge in [-0.05, 0) is 20.8 Å². The van der Waals surface area contributed by atoms with Gasteiger partial charge in [0.05, 0.1) is 18.8 Å². The molecule has 1 amide bonds. The summed E-state index contributed by atoms with van der Waals surface area (Å²) in [5.74, 6) is -1.03. The number of nitrogens with zero attached hydrogens (tertiary/aromatic N) is 2. The molecular formula is C11H14LiN2O4S.